The van der Waals surface area contributed by atoms with E-state index in [1.807, 2.05) is 0 Å². The van der Waals surface area contributed by atoms with Gasteiger partial charge in [-0.05, 0) is 76.0 Å². The summed E-state index contributed by atoms with van der Waals surface area (Å²) in [5.41, 5.74) is -2.64. The largest absolute Gasteiger partial charge is 0.337 e. The van der Waals surface area contributed by atoms with Gasteiger partial charge in [-0.2, -0.15) is 0 Å². The highest BCUT2D eigenvalue weighted by Gasteiger charge is 2.13. The fraction of sp³-hybridized carbons (Fsp3) is 0.889. The van der Waals surface area contributed by atoms with Crippen molar-refractivity contribution in [3.63, 3.8) is 0 Å². The third kappa shape index (κ3) is 36.5. The monoisotopic (exact) mass is 630 g/mol. The summed E-state index contributed by atoms with van der Waals surface area (Å²) in [6.07, 6.45) is 46.3. The molecule has 2 nitrogen and oxygen atoms in total. The highest BCUT2D eigenvalue weighted by Crippen LogP contribution is 2.56. The topological polar surface area (TPSA) is 29.5 Å². The number of hydrogen-bond donors (Lipinski definition) is 1. The molecule has 0 rings (SSSR count). The second kappa shape index (κ2) is 34.9. The van der Waals surface area contributed by atoms with Gasteiger partial charge < -0.3 is 9.42 Å². The van der Waals surface area contributed by atoms with E-state index in [1.165, 1.54) is 178 Å². The Labute approximate surface area is 267 Å². The molecule has 1 atom stereocenters. The maximum absolute atomic E-state index is 10.4. The van der Waals surface area contributed by atoms with Gasteiger partial charge in [0.25, 0.3) is 0 Å². The maximum Gasteiger partial charge on any atom is 0.244 e. The van der Waals surface area contributed by atoms with E-state index >= 15 is 0 Å². The van der Waals surface area contributed by atoms with Gasteiger partial charge in [-0.1, -0.05) is 165 Å². The van der Waals surface area contributed by atoms with Gasteiger partial charge in [0.2, 0.25) is 5.69 Å². The van der Waals surface area contributed by atoms with Gasteiger partial charge in [-0.25, -0.2) is 0 Å². The predicted molar refractivity (Wildman–Crippen MR) is 194 cm³/mol. The number of rotatable bonds is 34. The molecule has 0 saturated heterocycles. The number of hydrogen-bond acceptors (Lipinski definition) is 3. The van der Waals surface area contributed by atoms with Gasteiger partial charge in [0.05, 0.1) is 6.61 Å². The molecule has 0 heterocycles. The first-order chi connectivity index (χ1) is 20.1. The van der Waals surface area contributed by atoms with E-state index in [2.05, 4.69) is 38.2 Å². The average Bonchev–Trinajstić information content (AvgIpc) is 2.96. The lowest BCUT2D eigenvalue weighted by Crippen LogP contribution is -1.92. The molecule has 0 saturated carbocycles. The molecule has 0 aliphatic rings. The van der Waals surface area contributed by atoms with Gasteiger partial charge in [0.1, 0.15) is 0 Å². The van der Waals surface area contributed by atoms with Crippen LogP contribution in [-0.4, -0.2) is 17.3 Å². The van der Waals surface area contributed by atoms with Crippen LogP contribution in [0.5, 0.6) is 0 Å². The van der Waals surface area contributed by atoms with Crippen LogP contribution >= 0.6 is 17.1 Å². The third-order valence-electron chi connectivity index (χ3n) is 7.82. The minimum absolute atomic E-state index is 0.620. The van der Waals surface area contributed by atoms with Crippen molar-refractivity contribution in [2.45, 2.75) is 194 Å². The van der Waals surface area contributed by atoms with E-state index in [0.29, 0.717) is 6.61 Å². The van der Waals surface area contributed by atoms with Crippen molar-refractivity contribution in [1.82, 2.24) is 0 Å². The average molecular weight is 631 g/mol. The van der Waals surface area contributed by atoms with Gasteiger partial charge in [0, 0.05) is 5.75 Å². The lowest BCUT2D eigenvalue weighted by Gasteiger charge is -2.14. The molecule has 0 aromatic heterocycles. The molecule has 0 aromatic carbocycles. The molecule has 0 fully saturated rings. The van der Waals surface area contributed by atoms with Crippen LogP contribution in [0.3, 0.4) is 0 Å². The van der Waals surface area contributed by atoms with Crippen molar-refractivity contribution in [3.8, 4) is 0 Å². The Morgan fingerprint density at radius 3 is 1.20 bits per heavy atom. The van der Waals surface area contributed by atoms with Crippen molar-refractivity contribution in [3.05, 3.63) is 24.3 Å². The Hall–Kier alpha value is 0.400. The summed E-state index contributed by atoms with van der Waals surface area (Å²) in [6.45, 7) is 5.18. The standard InChI is InChI=1S/C36H71O2PS2/c1-3-5-7-9-11-13-15-17-19-21-23-25-27-29-31-33-35-38-39(37,40)41-36-34-32-30-28-26-24-22-20-18-16-14-12-10-8-6-4-2/h17-20H,3-16,21-36H2,1-2H3,(H,37,40)/b19-17-,20-18-. The van der Waals surface area contributed by atoms with Crippen LogP contribution in [0.2, 0.25) is 0 Å². The fourth-order valence-corrected chi connectivity index (χ4v) is 8.52. The second-order valence-corrected chi connectivity index (χ2v) is 18.3. The van der Waals surface area contributed by atoms with Gasteiger partial charge in [-0.15, -0.1) is 0 Å². The summed E-state index contributed by atoms with van der Waals surface area (Å²) in [6, 6.07) is 0. The lowest BCUT2D eigenvalue weighted by molar-refractivity contribution is 0.307. The first-order valence-electron chi connectivity index (χ1n) is 18.0. The Morgan fingerprint density at radius 1 is 0.488 bits per heavy atom. The maximum atomic E-state index is 10.4. The highest BCUT2D eigenvalue weighted by atomic mass is 32.9. The van der Waals surface area contributed by atoms with Gasteiger partial charge >= 0.3 is 0 Å². The first kappa shape index (κ1) is 41.4. The summed E-state index contributed by atoms with van der Waals surface area (Å²) >= 11 is 6.86. The van der Waals surface area contributed by atoms with E-state index in [0.717, 1.165) is 18.6 Å². The smallest absolute Gasteiger partial charge is 0.244 e. The quantitative estimate of drug-likeness (QED) is 0.0435. The van der Waals surface area contributed by atoms with Crippen molar-refractivity contribution in [1.29, 1.82) is 0 Å². The number of unbranched alkanes of at least 4 members (excludes halogenated alkanes) is 24. The zero-order valence-corrected chi connectivity index (χ0v) is 30.2. The third-order valence-corrected chi connectivity index (χ3v) is 12.2. The van der Waals surface area contributed by atoms with Gasteiger partial charge in [0.15, 0.2) is 0 Å². The summed E-state index contributed by atoms with van der Waals surface area (Å²) in [7, 11) is 0. The molecular formula is C36H71O2PS2. The molecule has 1 N–H and O–H groups in total. The van der Waals surface area contributed by atoms with Crippen LogP contribution in [0.25, 0.3) is 0 Å². The molecule has 41 heavy (non-hydrogen) atoms. The molecule has 0 aromatic rings. The summed E-state index contributed by atoms with van der Waals surface area (Å²) in [5, 5.41) is 0. The van der Waals surface area contributed by atoms with Gasteiger partial charge in [-0.3, -0.25) is 0 Å². The molecule has 0 radical (unpaired) electrons. The molecule has 0 bridgehead atoms. The summed E-state index contributed by atoms with van der Waals surface area (Å²) < 4.78 is 5.71. The van der Waals surface area contributed by atoms with Crippen molar-refractivity contribution < 1.29 is 9.42 Å². The highest BCUT2D eigenvalue weighted by molar-refractivity contribution is 8.67. The minimum atomic E-state index is -2.64. The van der Waals surface area contributed by atoms with Crippen LogP contribution < -0.4 is 0 Å². The predicted octanol–water partition coefficient (Wildman–Crippen LogP) is 14.0. The van der Waals surface area contributed by atoms with E-state index in [9.17, 15) is 4.89 Å². The first-order valence-corrected chi connectivity index (χ1v) is 22.3. The molecule has 244 valence electrons. The Kier molecular flexibility index (Phi) is 35.2. The molecule has 0 spiro atoms. The van der Waals surface area contributed by atoms with Crippen LogP contribution in [0.1, 0.15) is 194 Å². The molecular weight excluding hydrogens is 560 g/mol. The van der Waals surface area contributed by atoms with Crippen LogP contribution in [0.15, 0.2) is 24.3 Å². The zero-order chi connectivity index (χ0) is 30.0. The summed E-state index contributed by atoms with van der Waals surface area (Å²) in [4.78, 5) is 10.4. The number of allylic oxidation sites excluding steroid dienone is 4. The second-order valence-electron chi connectivity index (χ2n) is 12.0. The molecule has 0 aliphatic carbocycles. The van der Waals surface area contributed by atoms with Crippen LogP contribution in [-0.2, 0) is 16.3 Å². The van der Waals surface area contributed by atoms with E-state index < -0.39 is 5.69 Å². The van der Waals surface area contributed by atoms with E-state index in [1.54, 1.807) is 0 Å². The molecule has 1 unspecified atom stereocenters. The van der Waals surface area contributed by atoms with Crippen molar-refractivity contribution >= 4 is 28.9 Å². The molecule has 0 aliphatic heterocycles. The lowest BCUT2D eigenvalue weighted by atomic mass is 10.1. The van der Waals surface area contributed by atoms with Crippen LogP contribution in [0.4, 0.5) is 0 Å². The van der Waals surface area contributed by atoms with Crippen molar-refractivity contribution in [2.24, 2.45) is 0 Å². The minimum Gasteiger partial charge on any atom is -0.337 e. The fourth-order valence-electron chi connectivity index (χ4n) is 5.10. The Bertz CT molecular complexity index is 560. The molecule has 5 heteroatoms. The SMILES string of the molecule is CCCCCCCC/C=C\CCCCCCCCOP(O)(=S)SCCCCCCCC/C=C\CCCCCCCC. The van der Waals surface area contributed by atoms with Crippen molar-refractivity contribution in [2.75, 3.05) is 12.4 Å². The Balaban J connectivity index is 3.35. The van der Waals surface area contributed by atoms with E-state index in [4.69, 9.17) is 16.3 Å². The van der Waals surface area contributed by atoms with Crippen LogP contribution in [0, 0.1) is 0 Å². The molecule has 0 amide bonds. The zero-order valence-electron chi connectivity index (χ0n) is 27.6. The normalized spacial score (nSPS) is 13.5. The summed E-state index contributed by atoms with van der Waals surface area (Å²) in [5.74, 6) is 0.933. The Morgan fingerprint density at radius 2 is 0.805 bits per heavy atom. The van der Waals surface area contributed by atoms with E-state index in [-0.39, 0.29) is 0 Å².